The molecule has 7 heteroatoms. The molecule has 0 unspecified atom stereocenters. The standard InChI is InChI=1S/C13H19NO4S2/c1-2-13(6-3-7-13)9-14-20(17,18)12-5-4-10(19-12)8-11(15)16/h4-5,14H,2-3,6-9H2,1H3,(H,15,16). The van der Waals surface area contributed by atoms with Crippen LogP contribution in [-0.4, -0.2) is 26.0 Å². The lowest BCUT2D eigenvalue weighted by molar-refractivity contribution is -0.136. The minimum absolute atomic E-state index is 0.119. The Labute approximate surface area is 123 Å². The number of aliphatic carboxylic acids is 1. The maximum absolute atomic E-state index is 12.2. The van der Waals surface area contributed by atoms with Crippen LogP contribution in [-0.2, 0) is 21.2 Å². The summed E-state index contributed by atoms with van der Waals surface area (Å²) < 4.78 is 27.2. The number of thiophene rings is 1. The zero-order valence-electron chi connectivity index (χ0n) is 11.4. The van der Waals surface area contributed by atoms with Gasteiger partial charge >= 0.3 is 5.97 Å². The Morgan fingerprint density at radius 2 is 2.15 bits per heavy atom. The van der Waals surface area contributed by atoms with Gasteiger partial charge in [0.05, 0.1) is 6.42 Å². The predicted molar refractivity (Wildman–Crippen MR) is 77.4 cm³/mol. The van der Waals surface area contributed by atoms with E-state index in [1.165, 1.54) is 6.07 Å². The molecule has 112 valence electrons. The second-order valence-corrected chi connectivity index (χ2v) is 8.49. The van der Waals surface area contributed by atoms with Gasteiger partial charge in [-0.1, -0.05) is 13.3 Å². The van der Waals surface area contributed by atoms with Gasteiger partial charge in [0.2, 0.25) is 10.0 Å². The SMILES string of the molecule is CCC1(CNS(=O)(=O)c2ccc(CC(=O)O)s2)CCC1. The van der Waals surface area contributed by atoms with E-state index < -0.39 is 16.0 Å². The topological polar surface area (TPSA) is 83.5 Å². The first-order chi connectivity index (χ1) is 9.37. The molecule has 0 bridgehead atoms. The number of rotatable bonds is 7. The zero-order chi connectivity index (χ0) is 14.8. The van der Waals surface area contributed by atoms with Crippen LogP contribution in [0, 0.1) is 5.41 Å². The fraction of sp³-hybridized carbons (Fsp3) is 0.615. The van der Waals surface area contributed by atoms with Gasteiger partial charge in [-0.3, -0.25) is 4.79 Å². The molecule has 0 aliphatic heterocycles. The Balaban J connectivity index is 2.02. The summed E-state index contributed by atoms with van der Waals surface area (Å²) in [5.41, 5.74) is 0.119. The molecule has 1 aliphatic carbocycles. The second kappa shape index (κ2) is 5.83. The van der Waals surface area contributed by atoms with Crippen molar-refractivity contribution in [2.75, 3.05) is 6.54 Å². The molecule has 20 heavy (non-hydrogen) atoms. The highest BCUT2D eigenvalue weighted by molar-refractivity contribution is 7.91. The summed E-state index contributed by atoms with van der Waals surface area (Å²) in [5.74, 6) is -0.955. The van der Waals surface area contributed by atoms with Crippen molar-refractivity contribution in [1.82, 2.24) is 4.72 Å². The van der Waals surface area contributed by atoms with Crippen LogP contribution in [0.3, 0.4) is 0 Å². The lowest BCUT2D eigenvalue weighted by atomic mass is 9.67. The fourth-order valence-electron chi connectivity index (χ4n) is 2.40. The molecule has 1 fully saturated rings. The van der Waals surface area contributed by atoms with Crippen LogP contribution < -0.4 is 4.72 Å². The average Bonchev–Trinajstić information content (AvgIpc) is 2.76. The van der Waals surface area contributed by atoms with E-state index in [4.69, 9.17) is 5.11 Å². The zero-order valence-corrected chi connectivity index (χ0v) is 13.0. The van der Waals surface area contributed by atoms with Crippen molar-refractivity contribution >= 4 is 27.3 Å². The Hall–Kier alpha value is -0.920. The van der Waals surface area contributed by atoms with E-state index >= 15 is 0 Å². The van der Waals surface area contributed by atoms with Crippen molar-refractivity contribution in [1.29, 1.82) is 0 Å². The number of carboxylic acid groups (broad SMARTS) is 1. The minimum atomic E-state index is -3.52. The summed E-state index contributed by atoms with van der Waals surface area (Å²) in [6, 6.07) is 3.04. The number of nitrogens with one attached hydrogen (secondary N) is 1. The Kier molecular flexibility index (Phi) is 4.51. The molecular weight excluding hydrogens is 298 g/mol. The van der Waals surface area contributed by atoms with Gasteiger partial charge in [0.15, 0.2) is 0 Å². The van der Waals surface area contributed by atoms with E-state index in [0.717, 1.165) is 37.0 Å². The molecule has 2 rings (SSSR count). The minimum Gasteiger partial charge on any atom is -0.481 e. The molecular formula is C13H19NO4S2. The summed E-state index contributed by atoms with van der Waals surface area (Å²) in [6.45, 7) is 2.56. The van der Waals surface area contributed by atoms with Crippen LogP contribution in [0.5, 0.6) is 0 Å². The normalized spacial score (nSPS) is 17.6. The number of hydrogen-bond acceptors (Lipinski definition) is 4. The molecule has 0 amide bonds. The van der Waals surface area contributed by atoms with Gasteiger partial charge in [-0.2, -0.15) is 0 Å². The van der Waals surface area contributed by atoms with E-state index in [1.54, 1.807) is 6.07 Å². The molecule has 1 aliphatic rings. The first-order valence-corrected chi connectivity index (χ1v) is 8.97. The third-order valence-corrected chi connectivity index (χ3v) is 7.01. The Bertz CT molecular complexity index is 582. The maximum atomic E-state index is 12.2. The van der Waals surface area contributed by atoms with Gasteiger partial charge in [-0.25, -0.2) is 13.1 Å². The van der Waals surface area contributed by atoms with Crippen LogP contribution in [0.2, 0.25) is 0 Å². The van der Waals surface area contributed by atoms with E-state index in [0.29, 0.717) is 11.4 Å². The fourth-order valence-corrected chi connectivity index (χ4v) is 4.95. The van der Waals surface area contributed by atoms with E-state index in [2.05, 4.69) is 11.6 Å². The molecule has 2 N–H and O–H groups in total. The highest BCUT2D eigenvalue weighted by Gasteiger charge is 2.36. The van der Waals surface area contributed by atoms with E-state index in [-0.39, 0.29) is 16.0 Å². The van der Waals surface area contributed by atoms with Gasteiger partial charge in [0, 0.05) is 11.4 Å². The van der Waals surface area contributed by atoms with E-state index in [9.17, 15) is 13.2 Å². The first-order valence-electron chi connectivity index (χ1n) is 6.67. The van der Waals surface area contributed by atoms with Crippen LogP contribution in [0.4, 0.5) is 0 Å². The van der Waals surface area contributed by atoms with Gasteiger partial charge in [-0.05, 0) is 36.8 Å². The van der Waals surface area contributed by atoms with Gasteiger partial charge in [0.25, 0.3) is 0 Å². The van der Waals surface area contributed by atoms with Gasteiger partial charge in [-0.15, -0.1) is 11.3 Å². The van der Waals surface area contributed by atoms with Crippen LogP contribution in [0.1, 0.15) is 37.5 Å². The van der Waals surface area contributed by atoms with Crippen molar-refractivity contribution in [3.8, 4) is 0 Å². The monoisotopic (exact) mass is 317 g/mol. The molecule has 0 aromatic carbocycles. The summed E-state index contributed by atoms with van der Waals surface area (Å²) in [4.78, 5) is 11.2. The number of carboxylic acids is 1. The van der Waals surface area contributed by atoms with Crippen LogP contribution in [0.25, 0.3) is 0 Å². The summed E-state index contributed by atoms with van der Waals surface area (Å²) in [6.07, 6.45) is 4.14. The lowest BCUT2D eigenvalue weighted by Crippen LogP contribution is -2.41. The average molecular weight is 317 g/mol. The summed E-state index contributed by atoms with van der Waals surface area (Å²) >= 11 is 1.02. The van der Waals surface area contributed by atoms with Crippen molar-refractivity contribution in [2.45, 2.75) is 43.2 Å². The smallest absolute Gasteiger partial charge is 0.308 e. The third-order valence-electron chi connectivity index (χ3n) is 4.03. The lowest BCUT2D eigenvalue weighted by Gasteiger charge is -2.41. The van der Waals surface area contributed by atoms with Crippen LogP contribution in [0.15, 0.2) is 16.3 Å². The molecule has 0 spiro atoms. The molecule has 1 saturated carbocycles. The summed E-state index contributed by atoms with van der Waals surface area (Å²) in [7, 11) is -3.52. The maximum Gasteiger partial charge on any atom is 0.308 e. The first kappa shape index (κ1) is 15.5. The number of hydrogen-bond donors (Lipinski definition) is 2. The molecule has 5 nitrogen and oxygen atoms in total. The molecule has 0 saturated heterocycles. The number of sulfonamides is 1. The predicted octanol–water partition coefficient (Wildman–Crippen LogP) is 2.23. The third kappa shape index (κ3) is 3.39. The highest BCUT2D eigenvalue weighted by atomic mass is 32.2. The van der Waals surface area contributed by atoms with Gasteiger partial charge in [0.1, 0.15) is 4.21 Å². The largest absolute Gasteiger partial charge is 0.481 e. The quantitative estimate of drug-likeness (QED) is 0.808. The van der Waals surface area contributed by atoms with Gasteiger partial charge < -0.3 is 5.11 Å². The second-order valence-electron chi connectivity index (χ2n) is 5.32. The van der Waals surface area contributed by atoms with Crippen molar-refractivity contribution in [2.24, 2.45) is 5.41 Å². The Morgan fingerprint density at radius 3 is 2.65 bits per heavy atom. The summed E-state index contributed by atoms with van der Waals surface area (Å²) in [5, 5.41) is 8.70. The molecule has 1 aromatic rings. The van der Waals surface area contributed by atoms with Crippen molar-refractivity contribution < 1.29 is 18.3 Å². The number of carbonyl (C=O) groups is 1. The van der Waals surface area contributed by atoms with E-state index in [1.807, 2.05) is 0 Å². The molecule has 1 heterocycles. The highest BCUT2D eigenvalue weighted by Crippen LogP contribution is 2.43. The Morgan fingerprint density at radius 1 is 1.45 bits per heavy atom. The molecule has 1 aromatic heterocycles. The van der Waals surface area contributed by atoms with Crippen molar-refractivity contribution in [3.63, 3.8) is 0 Å². The molecule has 0 atom stereocenters. The van der Waals surface area contributed by atoms with Crippen molar-refractivity contribution in [3.05, 3.63) is 17.0 Å². The van der Waals surface area contributed by atoms with Crippen LogP contribution >= 0.6 is 11.3 Å². The molecule has 0 radical (unpaired) electrons.